The van der Waals surface area contributed by atoms with Gasteiger partial charge in [-0.1, -0.05) is 60.7 Å². The molecule has 2 aromatic rings. The van der Waals surface area contributed by atoms with Gasteiger partial charge in [0.25, 0.3) is 5.78 Å². The first-order chi connectivity index (χ1) is 10.2. The third-order valence-electron chi connectivity index (χ3n) is 3.32. The van der Waals surface area contributed by atoms with Crippen molar-refractivity contribution in [1.82, 2.24) is 0 Å². The van der Waals surface area contributed by atoms with Gasteiger partial charge >= 0.3 is 0 Å². The fourth-order valence-electron chi connectivity index (χ4n) is 2.27. The van der Waals surface area contributed by atoms with Gasteiger partial charge in [-0.3, -0.25) is 14.4 Å². The highest BCUT2D eigenvalue weighted by molar-refractivity contribution is 6.61. The lowest BCUT2D eigenvalue weighted by Crippen LogP contribution is -2.43. The average Bonchev–Trinajstić information content (AvgIpc) is 2.57. The van der Waals surface area contributed by atoms with Gasteiger partial charge in [0.05, 0.1) is 0 Å². The topological polar surface area (TPSA) is 68.3 Å². The van der Waals surface area contributed by atoms with Crippen LogP contribution in [0, 0.1) is 0 Å². The van der Waals surface area contributed by atoms with Crippen molar-refractivity contribution in [1.29, 1.82) is 0 Å². The Morgan fingerprint density at radius 3 is 1.52 bits per heavy atom. The molecule has 0 fully saturated rings. The maximum atomic E-state index is 12.4. The zero-order chi connectivity index (χ0) is 15.3. The first kappa shape index (κ1) is 14.5. The van der Waals surface area contributed by atoms with Gasteiger partial charge in [0.1, 0.15) is 11.7 Å². The zero-order valence-electron chi connectivity index (χ0n) is 11.1. The number of ketones is 2. The predicted octanol–water partition coefficient (Wildman–Crippen LogP) is 1.51. The van der Waals surface area contributed by atoms with Crippen LogP contribution >= 0.6 is 0 Å². The second-order valence-electron chi connectivity index (χ2n) is 4.47. The van der Waals surface area contributed by atoms with Crippen LogP contribution in [0.1, 0.15) is 11.1 Å². The molecule has 2 aromatic carbocycles. The Kier molecular flexibility index (Phi) is 4.18. The van der Waals surface area contributed by atoms with E-state index in [1.54, 1.807) is 60.7 Å². The predicted molar refractivity (Wildman–Crippen MR) is 75.8 cm³/mol. The van der Waals surface area contributed by atoms with Crippen LogP contribution in [0.5, 0.6) is 0 Å². The molecule has 0 saturated heterocycles. The van der Waals surface area contributed by atoms with Gasteiger partial charge < -0.3 is 4.79 Å². The highest BCUT2D eigenvalue weighted by atomic mass is 16.2. The minimum Gasteiger partial charge on any atom is -0.301 e. The summed E-state index contributed by atoms with van der Waals surface area (Å²) in [5.41, 5.74) is -1.08. The lowest BCUT2D eigenvalue weighted by Gasteiger charge is -2.26. The normalized spacial score (nSPS) is 10.7. The summed E-state index contributed by atoms with van der Waals surface area (Å²) in [5.74, 6) is -2.28. The summed E-state index contributed by atoms with van der Waals surface area (Å²) in [6, 6.07) is 16.4. The Morgan fingerprint density at radius 1 is 0.762 bits per heavy atom. The Morgan fingerprint density at radius 2 is 1.19 bits per heavy atom. The molecule has 0 aromatic heterocycles. The van der Waals surface area contributed by atoms with Crippen molar-refractivity contribution in [2.45, 2.75) is 5.41 Å². The van der Waals surface area contributed by atoms with Crippen LogP contribution in [-0.4, -0.2) is 24.1 Å². The van der Waals surface area contributed by atoms with E-state index in [1.807, 2.05) is 0 Å². The Bertz CT molecular complexity index is 635. The number of carbonyl (C=O) groups is 4. The number of benzene rings is 2. The fourth-order valence-corrected chi connectivity index (χ4v) is 2.27. The molecule has 2 rings (SSSR count). The molecule has 21 heavy (non-hydrogen) atoms. The number of carbonyl (C=O) groups excluding carboxylic acids is 4. The van der Waals surface area contributed by atoms with Crippen molar-refractivity contribution in [2.75, 3.05) is 0 Å². The van der Waals surface area contributed by atoms with Gasteiger partial charge in [-0.25, -0.2) is 0 Å². The molecule has 0 aliphatic rings. The fraction of sp³-hybridized carbons (Fsp3) is 0.0588. The van der Waals surface area contributed by atoms with Gasteiger partial charge in [-0.15, -0.1) is 0 Å². The molecule has 4 heteroatoms. The van der Waals surface area contributed by atoms with Crippen LogP contribution in [0.4, 0.5) is 0 Å². The first-order valence-electron chi connectivity index (χ1n) is 6.28. The third kappa shape index (κ3) is 2.43. The molecular formula is C17H12O4. The van der Waals surface area contributed by atoms with E-state index in [4.69, 9.17) is 0 Å². The monoisotopic (exact) mass is 280 g/mol. The standard InChI is InChI=1S/C17H12O4/c18-11-15(20)16(21)17(12-19,13-7-3-1-4-8-13)14-9-5-2-6-10-14/h1-12H. The first-order valence-corrected chi connectivity index (χ1v) is 6.28. The quantitative estimate of drug-likeness (QED) is 0.457. The minimum absolute atomic E-state index is 0.0630. The molecule has 4 nitrogen and oxygen atoms in total. The van der Waals surface area contributed by atoms with E-state index in [0.717, 1.165) is 0 Å². The molecule has 0 heterocycles. The highest BCUT2D eigenvalue weighted by Gasteiger charge is 2.45. The third-order valence-corrected chi connectivity index (χ3v) is 3.32. The number of aldehydes is 2. The molecule has 0 radical (unpaired) electrons. The average molecular weight is 280 g/mol. The molecule has 0 atom stereocenters. The summed E-state index contributed by atoms with van der Waals surface area (Å²) in [6.07, 6.45) is 0.355. The van der Waals surface area contributed by atoms with Crippen molar-refractivity contribution in [3.05, 3.63) is 71.8 Å². The van der Waals surface area contributed by atoms with Crippen LogP contribution in [0.15, 0.2) is 60.7 Å². The van der Waals surface area contributed by atoms with E-state index >= 15 is 0 Å². The van der Waals surface area contributed by atoms with Gasteiger partial charge in [0.15, 0.2) is 6.29 Å². The summed E-state index contributed by atoms with van der Waals surface area (Å²) in [6.45, 7) is 0. The van der Waals surface area contributed by atoms with Crippen molar-refractivity contribution < 1.29 is 19.2 Å². The summed E-state index contributed by atoms with van der Waals surface area (Å²) < 4.78 is 0. The summed E-state index contributed by atoms with van der Waals surface area (Å²) in [5, 5.41) is 0. The SMILES string of the molecule is O=CC(=O)C(=O)C(C=O)(c1ccccc1)c1ccccc1. The molecule has 0 N–H and O–H groups in total. The number of hydrogen-bond donors (Lipinski definition) is 0. The molecule has 0 amide bonds. The summed E-state index contributed by atoms with van der Waals surface area (Å²) >= 11 is 0. The highest BCUT2D eigenvalue weighted by Crippen LogP contribution is 2.31. The van der Waals surface area contributed by atoms with Gasteiger partial charge in [-0.05, 0) is 11.1 Å². The molecule has 0 aliphatic carbocycles. The lowest BCUT2D eigenvalue weighted by molar-refractivity contribution is -0.143. The Labute approximate surface area is 121 Å². The van der Waals surface area contributed by atoms with E-state index in [1.165, 1.54) is 0 Å². The smallest absolute Gasteiger partial charge is 0.262 e. The molecule has 0 spiro atoms. The van der Waals surface area contributed by atoms with Crippen LogP contribution < -0.4 is 0 Å². The molecule has 0 saturated carbocycles. The number of Topliss-reactive ketones (excluding diaryl/α,β-unsaturated/α-hetero) is 2. The van der Waals surface area contributed by atoms with E-state index in [2.05, 4.69) is 0 Å². The Hall–Kier alpha value is -2.88. The lowest BCUT2D eigenvalue weighted by atomic mass is 9.71. The number of rotatable bonds is 6. The van der Waals surface area contributed by atoms with Crippen molar-refractivity contribution in [2.24, 2.45) is 0 Å². The molecule has 0 unspecified atom stereocenters. The second-order valence-corrected chi connectivity index (χ2v) is 4.47. The van der Waals surface area contributed by atoms with Crippen LogP contribution in [-0.2, 0) is 24.6 Å². The molecule has 104 valence electrons. The van der Waals surface area contributed by atoms with Crippen LogP contribution in [0.25, 0.3) is 0 Å². The summed E-state index contributed by atoms with van der Waals surface area (Å²) in [7, 11) is 0. The second kappa shape index (κ2) is 6.05. The zero-order valence-corrected chi connectivity index (χ0v) is 11.1. The van der Waals surface area contributed by atoms with Crippen molar-refractivity contribution >= 4 is 24.1 Å². The van der Waals surface area contributed by atoms with E-state index in [0.29, 0.717) is 17.4 Å². The van der Waals surface area contributed by atoms with Gasteiger partial charge in [0, 0.05) is 0 Å². The largest absolute Gasteiger partial charge is 0.301 e. The summed E-state index contributed by atoms with van der Waals surface area (Å²) in [4.78, 5) is 46.5. The minimum atomic E-state index is -1.79. The van der Waals surface area contributed by atoms with Crippen LogP contribution in [0.2, 0.25) is 0 Å². The van der Waals surface area contributed by atoms with Crippen LogP contribution in [0.3, 0.4) is 0 Å². The van der Waals surface area contributed by atoms with Gasteiger partial charge in [-0.2, -0.15) is 0 Å². The molecular weight excluding hydrogens is 268 g/mol. The van der Waals surface area contributed by atoms with Gasteiger partial charge in [0.2, 0.25) is 5.78 Å². The van der Waals surface area contributed by atoms with Crippen molar-refractivity contribution in [3.8, 4) is 0 Å². The Balaban J connectivity index is 2.74. The maximum absolute atomic E-state index is 12.4. The maximum Gasteiger partial charge on any atom is 0.262 e. The molecule has 0 aliphatic heterocycles. The van der Waals surface area contributed by atoms with E-state index in [-0.39, 0.29) is 6.29 Å². The van der Waals surface area contributed by atoms with E-state index < -0.39 is 17.0 Å². The van der Waals surface area contributed by atoms with Crippen molar-refractivity contribution in [3.63, 3.8) is 0 Å². The molecule has 0 bridgehead atoms. The number of hydrogen-bond acceptors (Lipinski definition) is 4. The van der Waals surface area contributed by atoms with E-state index in [9.17, 15) is 19.2 Å².